The first-order valence-corrected chi connectivity index (χ1v) is 8.62. The molecule has 0 spiro atoms. The average molecular weight is 383 g/mol. The fourth-order valence-electron chi connectivity index (χ4n) is 2.32. The van der Waals surface area contributed by atoms with Gasteiger partial charge in [0.25, 0.3) is 5.91 Å². The van der Waals surface area contributed by atoms with Crippen molar-refractivity contribution < 1.29 is 14.3 Å². The zero-order chi connectivity index (χ0) is 16.7. The molecule has 5 nitrogen and oxygen atoms in total. The summed E-state index contributed by atoms with van der Waals surface area (Å²) in [4.78, 5) is 12.4. The minimum absolute atomic E-state index is 0.120. The molecule has 23 heavy (non-hydrogen) atoms. The fourth-order valence-corrected chi connectivity index (χ4v) is 2.88. The Morgan fingerprint density at radius 2 is 2.26 bits per heavy atom. The molecule has 1 amide bonds. The lowest BCUT2D eigenvalue weighted by Gasteiger charge is -2.16. The van der Waals surface area contributed by atoms with Crippen LogP contribution in [0.2, 0.25) is 0 Å². The van der Waals surface area contributed by atoms with Gasteiger partial charge < -0.3 is 20.1 Å². The Morgan fingerprint density at radius 1 is 1.43 bits per heavy atom. The molecule has 6 heteroatoms. The molecule has 0 unspecified atom stereocenters. The lowest BCUT2D eigenvalue weighted by Crippen LogP contribution is -2.29. The maximum absolute atomic E-state index is 12.4. The molecule has 126 valence electrons. The number of rotatable bonds is 7. The Morgan fingerprint density at radius 3 is 2.91 bits per heavy atom. The topological polar surface area (TPSA) is 59.6 Å². The van der Waals surface area contributed by atoms with Crippen LogP contribution in [-0.2, 0) is 0 Å². The summed E-state index contributed by atoms with van der Waals surface area (Å²) in [5.41, 5.74) is 1.80. The molecule has 2 N–H and O–H groups in total. The van der Waals surface area contributed by atoms with E-state index in [0.29, 0.717) is 30.2 Å². The van der Waals surface area contributed by atoms with E-state index in [4.69, 9.17) is 9.47 Å². The lowest BCUT2D eigenvalue weighted by molar-refractivity contribution is 0.0956. The third-order valence-corrected chi connectivity index (χ3v) is 4.17. The van der Waals surface area contributed by atoms with Crippen LogP contribution in [0.15, 0.2) is 28.3 Å². The van der Waals surface area contributed by atoms with Crippen molar-refractivity contribution in [3.8, 4) is 11.5 Å². The SMILES string of the molecule is CCCOc1c(Br)cc(C(=O)NCC2=CCNCC2)cc1OC. The highest BCUT2D eigenvalue weighted by Crippen LogP contribution is 2.36. The Labute approximate surface area is 145 Å². The van der Waals surface area contributed by atoms with E-state index in [-0.39, 0.29) is 5.91 Å². The molecule has 0 aromatic heterocycles. The van der Waals surface area contributed by atoms with Crippen molar-refractivity contribution >= 4 is 21.8 Å². The Bertz CT molecular complexity index is 587. The first-order chi connectivity index (χ1) is 11.2. The van der Waals surface area contributed by atoms with E-state index in [1.54, 1.807) is 19.2 Å². The number of ether oxygens (including phenoxy) is 2. The number of amides is 1. The number of nitrogens with one attached hydrogen (secondary N) is 2. The van der Waals surface area contributed by atoms with Crippen molar-refractivity contribution in [1.29, 1.82) is 0 Å². The predicted octanol–water partition coefficient (Wildman–Crippen LogP) is 2.90. The summed E-state index contributed by atoms with van der Waals surface area (Å²) in [6.07, 6.45) is 4.00. The van der Waals surface area contributed by atoms with Gasteiger partial charge in [-0.3, -0.25) is 4.79 Å². The van der Waals surface area contributed by atoms with Crippen molar-refractivity contribution in [3.63, 3.8) is 0 Å². The molecular formula is C17H23BrN2O3. The van der Waals surface area contributed by atoms with Crippen LogP contribution in [0.5, 0.6) is 11.5 Å². The van der Waals surface area contributed by atoms with Gasteiger partial charge in [0.1, 0.15) is 0 Å². The summed E-state index contributed by atoms with van der Waals surface area (Å²) in [7, 11) is 1.57. The summed E-state index contributed by atoms with van der Waals surface area (Å²) >= 11 is 3.46. The fraction of sp³-hybridized carbons (Fsp3) is 0.471. The molecule has 2 rings (SSSR count). The molecular weight excluding hydrogens is 360 g/mol. The summed E-state index contributed by atoms with van der Waals surface area (Å²) in [6, 6.07) is 3.47. The molecule has 1 aromatic carbocycles. The van der Waals surface area contributed by atoms with Gasteiger partial charge in [0.05, 0.1) is 18.2 Å². The number of hydrogen-bond donors (Lipinski definition) is 2. The summed E-state index contributed by atoms with van der Waals surface area (Å²) in [6.45, 7) is 5.05. The molecule has 1 aromatic rings. The first kappa shape index (κ1) is 17.8. The maximum Gasteiger partial charge on any atom is 0.251 e. The second-order valence-corrected chi connectivity index (χ2v) is 6.19. The van der Waals surface area contributed by atoms with Crippen molar-refractivity contribution in [2.24, 2.45) is 0 Å². The van der Waals surface area contributed by atoms with Crippen LogP contribution >= 0.6 is 15.9 Å². The highest BCUT2D eigenvalue weighted by molar-refractivity contribution is 9.10. The number of carbonyl (C=O) groups is 1. The monoisotopic (exact) mass is 382 g/mol. The molecule has 1 aliphatic rings. The van der Waals surface area contributed by atoms with Gasteiger partial charge in [0.2, 0.25) is 0 Å². The molecule has 0 aliphatic carbocycles. The van der Waals surface area contributed by atoms with Gasteiger partial charge in [-0.25, -0.2) is 0 Å². The summed E-state index contributed by atoms with van der Waals surface area (Å²) < 4.78 is 11.8. The molecule has 0 radical (unpaired) electrons. The lowest BCUT2D eigenvalue weighted by atomic mass is 10.1. The second-order valence-electron chi connectivity index (χ2n) is 5.34. The van der Waals surface area contributed by atoms with E-state index in [2.05, 4.69) is 32.6 Å². The minimum Gasteiger partial charge on any atom is -0.493 e. The molecule has 1 aliphatic heterocycles. The van der Waals surface area contributed by atoms with Crippen LogP contribution in [0, 0.1) is 0 Å². The number of methoxy groups -OCH3 is 1. The van der Waals surface area contributed by atoms with Crippen molar-refractivity contribution in [2.75, 3.05) is 33.4 Å². The van der Waals surface area contributed by atoms with E-state index in [1.165, 1.54) is 5.57 Å². The van der Waals surface area contributed by atoms with E-state index in [0.717, 1.165) is 30.4 Å². The van der Waals surface area contributed by atoms with Gasteiger partial charge in [-0.2, -0.15) is 0 Å². The zero-order valence-corrected chi connectivity index (χ0v) is 15.2. The molecule has 1 heterocycles. The van der Waals surface area contributed by atoms with Gasteiger partial charge in [0, 0.05) is 18.7 Å². The van der Waals surface area contributed by atoms with Crippen LogP contribution in [-0.4, -0.2) is 39.3 Å². The summed E-state index contributed by atoms with van der Waals surface area (Å²) in [5, 5.41) is 6.21. The smallest absolute Gasteiger partial charge is 0.251 e. The highest BCUT2D eigenvalue weighted by Gasteiger charge is 2.16. The van der Waals surface area contributed by atoms with E-state index in [9.17, 15) is 4.79 Å². The number of halogens is 1. The standard InChI is InChI=1S/C17H23BrN2O3/c1-3-8-23-16-14(18)9-13(10-15(16)22-2)17(21)20-11-12-4-6-19-7-5-12/h4,9-10,19H,3,5-8,11H2,1-2H3,(H,20,21). The van der Waals surface area contributed by atoms with Crippen molar-refractivity contribution in [1.82, 2.24) is 10.6 Å². The molecule has 0 saturated carbocycles. The molecule has 0 fully saturated rings. The van der Waals surface area contributed by atoms with Crippen LogP contribution in [0.1, 0.15) is 30.1 Å². The van der Waals surface area contributed by atoms with Gasteiger partial charge >= 0.3 is 0 Å². The van der Waals surface area contributed by atoms with Gasteiger partial charge in [-0.05, 0) is 47.4 Å². The van der Waals surface area contributed by atoms with E-state index < -0.39 is 0 Å². The van der Waals surface area contributed by atoms with Gasteiger partial charge in [-0.15, -0.1) is 0 Å². The highest BCUT2D eigenvalue weighted by atomic mass is 79.9. The predicted molar refractivity (Wildman–Crippen MR) is 94.4 cm³/mol. The second kappa shape index (κ2) is 8.93. The van der Waals surface area contributed by atoms with Crippen LogP contribution in [0.3, 0.4) is 0 Å². The van der Waals surface area contributed by atoms with Crippen molar-refractivity contribution in [3.05, 3.63) is 33.8 Å². The largest absolute Gasteiger partial charge is 0.493 e. The Hall–Kier alpha value is -1.53. The maximum atomic E-state index is 12.4. The quantitative estimate of drug-likeness (QED) is 0.711. The van der Waals surface area contributed by atoms with E-state index in [1.807, 2.05) is 6.92 Å². The van der Waals surface area contributed by atoms with Crippen LogP contribution < -0.4 is 20.1 Å². The third-order valence-electron chi connectivity index (χ3n) is 3.58. The average Bonchev–Trinajstić information content (AvgIpc) is 2.58. The number of hydrogen-bond acceptors (Lipinski definition) is 4. The number of benzene rings is 1. The molecule has 0 atom stereocenters. The van der Waals surface area contributed by atoms with E-state index >= 15 is 0 Å². The van der Waals surface area contributed by atoms with Crippen molar-refractivity contribution in [2.45, 2.75) is 19.8 Å². The Balaban J connectivity index is 2.07. The van der Waals surface area contributed by atoms with Gasteiger partial charge in [0.15, 0.2) is 11.5 Å². The zero-order valence-electron chi connectivity index (χ0n) is 13.6. The molecule has 0 saturated heterocycles. The third kappa shape index (κ3) is 4.97. The first-order valence-electron chi connectivity index (χ1n) is 7.82. The minimum atomic E-state index is -0.120. The Kier molecular flexibility index (Phi) is 6.92. The molecule has 0 bridgehead atoms. The van der Waals surface area contributed by atoms with Crippen LogP contribution in [0.4, 0.5) is 0 Å². The normalized spacial score (nSPS) is 14.1. The van der Waals surface area contributed by atoms with Gasteiger partial charge in [-0.1, -0.05) is 18.6 Å². The summed E-state index contributed by atoms with van der Waals surface area (Å²) in [5.74, 6) is 1.07. The number of carbonyl (C=O) groups excluding carboxylic acids is 1. The van der Waals surface area contributed by atoms with Crippen LogP contribution in [0.25, 0.3) is 0 Å².